The van der Waals surface area contributed by atoms with Crippen molar-refractivity contribution in [2.45, 2.75) is 142 Å². The molecule has 278 valence electrons. The van der Waals surface area contributed by atoms with Crippen LogP contribution in [-0.2, 0) is 18.4 Å². The van der Waals surface area contributed by atoms with E-state index < -0.39 is 20.0 Å². The number of hydrogen-bond donors (Lipinski definition) is 3. The normalized spacial score (nSPS) is 15.4. The zero-order valence-corrected chi connectivity index (χ0v) is 32.1. The number of amides is 1. The maximum Gasteiger partial charge on any atom is 0.472 e. The molecule has 48 heavy (non-hydrogen) atoms. The molecule has 0 saturated carbocycles. The summed E-state index contributed by atoms with van der Waals surface area (Å²) in [5.74, 6) is -0.212. The van der Waals surface area contributed by atoms with Gasteiger partial charge in [-0.05, 0) is 64.2 Å². The van der Waals surface area contributed by atoms with Crippen LogP contribution in [0.4, 0.5) is 0 Å². The third kappa shape index (κ3) is 32.7. The third-order valence-electron chi connectivity index (χ3n) is 7.69. The van der Waals surface area contributed by atoms with E-state index in [1.165, 1.54) is 32.1 Å². The minimum atomic E-state index is -4.34. The Morgan fingerprint density at radius 2 is 1.21 bits per heavy atom. The van der Waals surface area contributed by atoms with Gasteiger partial charge in [0, 0.05) is 6.42 Å². The number of phosphoric acid groups is 1. The van der Waals surface area contributed by atoms with Crippen LogP contribution in [0.15, 0.2) is 60.8 Å². The number of unbranched alkanes of at least 4 members (excludes halogenated alkanes) is 11. The number of hydrogen-bond acceptors (Lipinski definition) is 5. The van der Waals surface area contributed by atoms with Crippen LogP contribution in [0.1, 0.15) is 129 Å². The van der Waals surface area contributed by atoms with E-state index in [1.54, 1.807) is 6.08 Å². The van der Waals surface area contributed by atoms with Crippen LogP contribution in [0.5, 0.6) is 0 Å². The van der Waals surface area contributed by atoms with Crippen LogP contribution in [0.3, 0.4) is 0 Å². The van der Waals surface area contributed by atoms with Gasteiger partial charge in [-0.1, -0.05) is 120 Å². The first-order valence-electron chi connectivity index (χ1n) is 18.7. The molecule has 9 heteroatoms. The molecule has 0 aromatic carbocycles. The molecule has 3 N–H and O–H groups in total. The summed E-state index contributed by atoms with van der Waals surface area (Å²) in [5.41, 5.74) is 0. The number of likely N-dealkylation sites (N-methyl/N-ethyl adjacent to an activating group) is 1. The molecule has 0 fully saturated rings. The number of carbonyl (C=O) groups excluding carboxylic acids is 1. The Morgan fingerprint density at radius 1 is 0.708 bits per heavy atom. The molecule has 0 radical (unpaired) electrons. The maximum absolute atomic E-state index is 12.8. The Hall–Kier alpha value is -1.80. The van der Waals surface area contributed by atoms with Gasteiger partial charge in [0.05, 0.1) is 39.9 Å². The Bertz CT molecular complexity index is 970. The predicted octanol–water partition coefficient (Wildman–Crippen LogP) is 9.51. The van der Waals surface area contributed by atoms with E-state index in [9.17, 15) is 19.4 Å². The lowest BCUT2D eigenvalue weighted by molar-refractivity contribution is -0.870. The van der Waals surface area contributed by atoms with Crippen LogP contribution in [-0.4, -0.2) is 73.4 Å². The second kappa shape index (κ2) is 31.2. The zero-order chi connectivity index (χ0) is 35.8. The minimum absolute atomic E-state index is 0.0478. The highest BCUT2D eigenvalue weighted by atomic mass is 31.2. The SMILES string of the molecule is CCCC/C=C\C/C=C\CCCCCCCC(=O)NC(COP(=O)(O)OCC[N+](C)(C)C)C(O)/C=C/CC/C=C/CC/C=C/CCCC. The molecule has 0 aromatic heterocycles. The third-order valence-corrected chi connectivity index (χ3v) is 8.67. The van der Waals surface area contributed by atoms with Crippen LogP contribution in [0.2, 0.25) is 0 Å². The zero-order valence-electron chi connectivity index (χ0n) is 31.2. The molecule has 8 nitrogen and oxygen atoms in total. The summed E-state index contributed by atoms with van der Waals surface area (Å²) in [7, 11) is 1.52. The van der Waals surface area contributed by atoms with E-state index in [0.29, 0.717) is 17.4 Å². The molecular weight excluding hydrogens is 623 g/mol. The molecule has 0 bridgehead atoms. The lowest BCUT2D eigenvalue weighted by Gasteiger charge is -2.25. The topological polar surface area (TPSA) is 105 Å². The second-order valence-corrected chi connectivity index (χ2v) is 15.0. The van der Waals surface area contributed by atoms with Gasteiger partial charge in [-0.2, -0.15) is 0 Å². The average molecular weight is 696 g/mol. The van der Waals surface area contributed by atoms with Crippen LogP contribution in [0.25, 0.3) is 0 Å². The highest BCUT2D eigenvalue weighted by Gasteiger charge is 2.27. The summed E-state index contributed by atoms with van der Waals surface area (Å²) in [6.07, 6.45) is 38.6. The number of carbonyl (C=O) groups is 1. The van der Waals surface area contributed by atoms with E-state index in [2.05, 4.69) is 67.8 Å². The number of aliphatic hydroxyl groups is 1. The highest BCUT2D eigenvalue weighted by Crippen LogP contribution is 2.43. The van der Waals surface area contributed by atoms with Gasteiger partial charge in [-0.3, -0.25) is 13.8 Å². The Morgan fingerprint density at radius 3 is 1.79 bits per heavy atom. The van der Waals surface area contributed by atoms with Gasteiger partial charge in [0.15, 0.2) is 0 Å². The number of allylic oxidation sites excluding steroid dienone is 9. The molecule has 3 unspecified atom stereocenters. The quantitative estimate of drug-likeness (QED) is 0.0280. The largest absolute Gasteiger partial charge is 0.472 e. The number of aliphatic hydroxyl groups excluding tert-OH is 1. The Balaban J connectivity index is 4.66. The van der Waals surface area contributed by atoms with Crippen LogP contribution in [0, 0.1) is 0 Å². The molecule has 0 aromatic rings. The molecule has 3 atom stereocenters. The van der Waals surface area contributed by atoms with Crippen molar-refractivity contribution in [2.24, 2.45) is 0 Å². The standard InChI is InChI=1S/C39H71N2O6P/c1-6-8-10-12-14-16-18-20-21-23-25-27-29-31-33-39(43)40-37(36-47-48(44,45)46-35-34-41(3,4)5)38(42)32-30-28-26-24-22-19-17-15-13-11-9-7-2/h12-15,18,20,22,24,30,32,37-38,42H,6-11,16-17,19,21,23,25-29,31,33-36H2,1-5H3,(H-,40,43,44,45)/p+1/b14-12-,15-13+,20-18-,24-22+,32-30+. The first-order chi connectivity index (χ1) is 23.0. The van der Waals surface area contributed by atoms with Crippen molar-refractivity contribution in [3.8, 4) is 0 Å². The van der Waals surface area contributed by atoms with Gasteiger partial charge in [0.2, 0.25) is 5.91 Å². The monoisotopic (exact) mass is 696 g/mol. The molecule has 0 heterocycles. The summed E-state index contributed by atoms with van der Waals surface area (Å²) in [5, 5.41) is 13.7. The van der Waals surface area contributed by atoms with E-state index in [-0.39, 0.29) is 19.1 Å². The second-order valence-electron chi connectivity index (χ2n) is 13.6. The molecule has 1 amide bonds. The van der Waals surface area contributed by atoms with Crippen molar-refractivity contribution in [1.82, 2.24) is 5.32 Å². The molecule has 0 aliphatic carbocycles. The van der Waals surface area contributed by atoms with Gasteiger partial charge in [-0.15, -0.1) is 0 Å². The van der Waals surface area contributed by atoms with E-state index in [0.717, 1.165) is 77.0 Å². The Labute approximate surface area is 294 Å². The van der Waals surface area contributed by atoms with E-state index >= 15 is 0 Å². The van der Waals surface area contributed by atoms with Gasteiger partial charge < -0.3 is 19.8 Å². The minimum Gasteiger partial charge on any atom is -0.387 e. The first-order valence-corrected chi connectivity index (χ1v) is 20.2. The molecule has 0 saturated heterocycles. The molecule has 0 aliphatic rings. The summed E-state index contributed by atoms with van der Waals surface area (Å²) >= 11 is 0. The van der Waals surface area contributed by atoms with Gasteiger partial charge in [0.1, 0.15) is 13.2 Å². The predicted molar refractivity (Wildman–Crippen MR) is 203 cm³/mol. The van der Waals surface area contributed by atoms with E-state index in [4.69, 9.17) is 9.05 Å². The molecular formula is C39H72N2O6P+. The van der Waals surface area contributed by atoms with Crippen molar-refractivity contribution < 1.29 is 32.9 Å². The first kappa shape index (κ1) is 46.2. The fourth-order valence-electron chi connectivity index (χ4n) is 4.60. The van der Waals surface area contributed by atoms with E-state index in [1.807, 2.05) is 27.2 Å². The van der Waals surface area contributed by atoms with Crippen molar-refractivity contribution in [2.75, 3.05) is 40.9 Å². The van der Waals surface area contributed by atoms with Crippen molar-refractivity contribution in [1.29, 1.82) is 0 Å². The molecule has 0 aliphatic heterocycles. The Kier molecular flexibility index (Phi) is 30.0. The summed E-state index contributed by atoms with van der Waals surface area (Å²) in [4.78, 5) is 22.9. The van der Waals surface area contributed by atoms with Gasteiger partial charge >= 0.3 is 7.82 Å². The number of nitrogens with zero attached hydrogens (tertiary/aromatic N) is 1. The van der Waals surface area contributed by atoms with Gasteiger partial charge in [-0.25, -0.2) is 4.57 Å². The number of quaternary nitrogens is 1. The lowest BCUT2D eigenvalue weighted by Crippen LogP contribution is -2.45. The number of phosphoric ester groups is 1. The summed E-state index contributed by atoms with van der Waals surface area (Å²) in [6.45, 7) is 4.64. The fraction of sp³-hybridized carbons (Fsp3) is 0.718. The smallest absolute Gasteiger partial charge is 0.387 e. The van der Waals surface area contributed by atoms with Gasteiger partial charge in [0.25, 0.3) is 0 Å². The highest BCUT2D eigenvalue weighted by molar-refractivity contribution is 7.47. The fourth-order valence-corrected chi connectivity index (χ4v) is 5.34. The lowest BCUT2D eigenvalue weighted by atomic mass is 10.1. The number of nitrogens with one attached hydrogen (secondary N) is 1. The molecule has 0 rings (SSSR count). The average Bonchev–Trinajstić information content (AvgIpc) is 3.02. The summed E-state index contributed by atoms with van der Waals surface area (Å²) < 4.78 is 23.4. The molecule has 0 spiro atoms. The maximum atomic E-state index is 12.8. The number of rotatable bonds is 32. The van der Waals surface area contributed by atoms with Crippen molar-refractivity contribution in [3.05, 3.63) is 60.8 Å². The van der Waals surface area contributed by atoms with Crippen LogP contribution < -0.4 is 5.32 Å². The van der Waals surface area contributed by atoms with Crippen molar-refractivity contribution in [3.63, 3.8) is 0 Å². The summed E-state index contributed by atoms with van der Waals surface area (Å²) in [6, 6.07) is -0.875. The van der Waals surface area contributed by atoms with Crippen molar-refractivity contribution >= 4 is 13.7 Å². The van der Waals surface area contributed by atoms with Crippen LogP contribution >= 0.6 is 7.82 Å².